The Hall–Kier alpha value is -4.74. The summed E-state index contributed by atoms with van der Waals surface area (Å²) in [5.74, 6) is -0.0128. The molecule has 11 heteroatoms. The number of aliphatic hydroxyl groups is 1. The molecule has 45 heavy (non-hydrogen) atoms. The van der Waals surface area contributed by atoms with Crippen molar-refractivity contribution in [1.29, 1.82) is 0 Å². The van der Waals surface area contributed by atoms with E-state index in [4.69, 9.17) is 0 Å². The topological polar surface area (TPSA) is 138 Å². The van der Waals surface area contributed by atoms with Gasteiger partial charge in [0.15, 0.2) is 0 Å². The first-order valence-corrected chi connectivity index (χ1v) is 15.0. The molecule has 2 aromatic carbocycles. The lowest BCUT2D eigenvalue weighted by atomic mass is 9.86. The van der Waals surface area contributed by atoms with Gasteiger partial charge in [-0.25, -0.2) is 14.5 Å². The summed E-state index contributed by atoms with van der Waals surface area (Å²) < 4.78 is 16.4. The average molecular weight is 612 g/mol. The van der Waals surface area contributed by atoms with Crippen molar-refractivity contribution in [2.24, 2.45) is 0 Å². The molecule has 0 aliphatic carbocycles. The maximum absolute atomic E-state index is 15.3. The van der Waals surface area contributed by atoms with E-state index in [1.54, 1.807) is 30.3 Å². The van der Waals surface area contributed by atoms with Crippen molar-refractivity contribution >= 4 is 16.6 Å². The molecule has 5 aromatic rings. The number of hydrogen-bond acceptors (Lipinski definition) is 8. The quantitative estimate of drug-likeness (QED) is 0.180. The summed E-state index contributed by atoms with van der Waals surface area (Å²) in [6.45, 7) is 10.7. The Bertz CT molecular complexity index is 1950. The van der Waals surface area contributed by atoms with Gasteiger partial charge in [0.05, 0.1) is 29.6 Å². The fourth-order valence-electron chi connectivity index (χ4n) is 5.34. The first-order valence-electron chi connectivity index (χ1n) is 15.0. The second-order valence-electron chi connectivity index (χ2n) is 12.2. The van der Waals surface area contributed by atoms with Gasteiger partial charge in [-0.2, -0.15) is 14.9 Å². The van der Waals surface area contributed by atoms with E-state index >= 15 is 4.39 Å². The number of aliphatic hydroxyl groups excluding tert-OH is 1. The lowest BCUT2D eigenvalue weighted by Gasteiger charge is -2.20. The van der Waals surface area contributed by atoms with Crippen LogP contribution in [0.2, 0.25) is 0 Å². The molecule has 0 bridgehead atoms. The normalized spacial score (nSPS) is 12.4. The number of hydrogen-bond donors (Lipinski definition) is 4. The zero-order chi connectivity index (χ0) is 32.3. The zero-order valence-electron chi connectivity index (χ0n) is 26.1. The third-order valence-corrected chi connectivity index (χ3v) is 7.78. The molecule has 1 unspecified atom stereocenters. The number of aromatic nitrogens is 5. The summed E-state index contributed by atoms with van der Waals surface area (Å²) in [6.07, 6.45) is 4.12. The van der Waals surface area contributed by atoms with Gasteiger partial charge in [-0.15, -0.1) is 0 Å². The molecule has 3 aromatic heterocycles. The number of fused-ring (bicyclic) bond motifs is 1. The van der Waals surface area contributed by atoms with E-state index in [-0.39, 0.29) is 28.6 Å². The molecule has 0 aliphatic heterocycles. The summed E-state index contributed by atoms with van der Waals surface area (Å²) in [6, 6.07) is 14.0. The molecule has 234 valence electrons. The number of anilines is 1. The largest absolute Gasteiger partial charge is 0.392 e. The summed E-state index contributed by atoms with van der Waals surface area (Å²) in [5, 5.41) is 28.4. The Labute approximate surface area is 260 Å². The first-order chi connectivity index (χ1) is 21.5. The van der Waals surface area contributed by atoms with E-state index in [1.807, 2.05) is 39.1 Å². The Morgan fingerprint density at radius 1 is 1.09 bits per heavy atom. The van der Waals surface area contributed by atoms with E-state index in [2.05, 4.69) is 44.8 Å². The molecule has 0 radical (unpaired) electrons. The fraction of sp³-hybridized carbons (Fsp3) is 0.324. The third-order valence-electron chi connectivity index (χ3n) is 7.78. The monoisotopic (exact) mass is 611 g/mol. The van der Waals surface area contributed by atoms with Crippen molar-refractivity contribution in [3.63, 3.8) is 0 Å². The standard InChI is InChI=1S/C34H38FN7O3/c1-6-36-20(2)12-21-10-11-30(37-16-21)38-17-23-14-28(40-41-32(23)44)25-8-7-9-29(26(25)19-43)42-33(45)31-22(18-39-42)13-24(15-27(31)35)34(3,4)5/h7-11,13-16,18,20,36,43H,6,12,17,19H2,1-5H3,(H,37,38)(H,41,44). The van der Waals surface area contributed by atoms with Crippen LogP contribution in [-0.2, 0) is 25.0 Å². The molecule has 1 atom stereocenters. The van der Waals surface area contributed by atoms with E-state index in [9.17, 15) is 14.7 Å². The van der Waals surface area contributed by atoms with Crippen LogP contribution in [0, 0.1) is 5.82 Å². The summed E-state index contributed by atoms with van der Waals surface area (Å²) in [5.41, 5.74) is 2.42. The molecule has 0 saturated heterocycles. The highest BCUT2D eigenvalue weighted by molar-refractivity contribution is 5.83. The number of pyridine rings is 1. The molecule has 0 amide bonds. The van der Waals surface area contributed by atoms with Crippen LogP contribution in [-0.4, -0.2) is 42.7 Å². The van der Waals surface area contributed by atoms with Gasteiger partial charge in [-0.3, -0.25) is 9.59 Å². The molecular formula is C34H38FN7O3. The van der Waals surface area contributed by atoms with Gasteiger partial charge in [0.25, 0.3) is 11.1 Å². The first kappa shape index (κ1) is 31.7. The molecule has 3 heterocycles. The maximum atomic E-state index is 15.3. The van der Waals surface area contributed by atoms with Crippen LogP contribution in [0.1, 0.15) is 56.9 Å². The average Bonchev–Trinajstić information content (AvgIpc) is 3.00. The second-order valence-corrected chi connectivity index (χ2v) is 12.2. The molecule has 4 N–H and O–H groups in total. The molecule has 5 rings (SSSR count). The predicted molar refractivity (Wildman–Crippen MR) is 174 cm³/mol. The molecule has 0 aliphatic rings. The minimum absolute atomic E-state index is 0.0865. The lowest BCUT2D eigenvalue weighted by molar-refractivity contribution is 0.281. The van der Waals surface area contributed by atoms with E-state index in [1.165, 1.54) is 12.3 Å². The van der Waals surface area contributed by atoms with Crippen molar-refractivity contribution in [3.05, 3.63) is 110 Å². The number of halogens is 1. The second kappa shape index (κ2) is 13.1. The highest BCUT2D eigenvalue weighted by Gasteiger charge is 2.21. The molecular weight excluding hydrogens is 573 g/mol. The minimum atomic E-state index is -0.647. The van der Waals surface area contributed by atoms with Crippen LogP contribution in [0.25, 0.3) is 27.7 Å². The van der Waals surface area contributed by atoms with Gasteiger partial charge >= 0.3 is 0 Å². The van der Waals surface area contributed by atoms with Gasteiger partial charge in [0.1, 0.15) is 11.6 Å². The Morgan fingerprint density at radius 2 is 1.89 bits per heavy atom. The van der Waals surface area contributed by atoms with Crippen molar-refractivity contribution in [2.75, 3.05) is 11.9 Å². The summed E-state index contributed by atoms with van der Waals surface area (Å²) in [4.78, 5) is 30.7. The highest BCUT2D eigenvalue weighted by atomic mass is 19.1. The molecule has 0 fully saturated rings. The SMILES string of the molecule is CCNC(C)Cc1ccc(NCc2cc(-c3cccc(-n4ncc5cc(C(C)(C)C)cc(F)c5c4=O)c3CO)n[nH]c2=O)nc1. The zero-order valence-corrected chi connectivity index (χ0v) is 26.1. The summed E-state index contributed by atoms with van der Waals surface area (Å²) in [7, 11) is 0. The van der Waals surface area contributed by atoms with Gasteiger partial charge in [0.2, 0.25) is 0 Å². The number of aromatic amines is 1. The Morgan fingerprint density at radius 3 is 2.58 bits per heavy atom. The van der Waals surface area contributed by atoms with Crippen LogP contribution in [0.3, 0.4) is 0 Å². The fourth-order valence-corrected chi connectivity index (χ4v) is 5.34. The Balaban J connectivity index is 1.45. The third kappa shape index (κ3) is 6.84. The van der Waals surface area contributed by atoms with E-state index < -0.39 is 18.0 Å². The Kier molecular flexibility index (Phi) is 9.21. The van der Waals surface area contributed by atoms with Gasteiger partial charge < -0.3 is 15.7 Å². The van der Waals surface area contributed by atoms with Crippen LogP contribution in [0.4, 0.5) is 10.2 Å². The molecule has 0 saturated carbocycles. The number of benzene rings is 2. The van der Waals surface area contributed by atoms with Crippen LogP contribution >= 0.6 is 0 Å². The number of likely N-dealkylation sites (N-methyl/N-ethyl adjacent to an activating group) is 1. The van der Waals surface area contributed by atoms with Crippen LogP contribution in [0.15, 0.2) is 70.5 Å². The van der Waals surface area contributed by atoms with E-state index in [0.29, 0.717) is 39.6 Å². The minimum Gasteiger partial charge on any atom is -0.392 e. The number of H-pyrrole nitrogens is 1. The smallest absolute Gasteiger partial charge is 0.282 e. The van der Waals surface area contributed by atoms with Gasteiger partial charge in [0, 0.05) is 40.9 Å². The molecule has 10 nitrogen and oxygen atoms in total. The van der Waals surface area contributed by atoms with Crippen molar-refractivity contribution in [1.82, 2.24) is 30.3 Å². The van der Waals surface area contributed by atoms with Gasteiger partial charge in [-0.1, -0.05) is 45.9 Å². The van der Waals surface area contributed by atoms with Crippen molar-refractivity contribution in [2.45, 2.75) is 65.6 Å². The van der Waals surface area contributed by atoms with Crippen molar-refractivity contribution in [3.8, 4) is 16.9 Å². The van der Waals surface area contributed by atoms with Gasteiger partial charge in [-0.05, 0) is 66.8 Å². The lowest BCUT2D eigenvalue weighted by Crippen LogP contribution is -2.27. The highest BCUT2D eigenvalue weighted by Crippen LogP contribution is 2.29. The summed E-state index contributed by atoms with van der Waals surface area (Å²) >= 11 is 0. The number of nitrogens with zero attached hydrogens (tertiary/aromatic N) is 4. The van der Waals surface area contributed by atoms with Crippen molar-refractivity contribution < 1.29 is 9.50 Å². The molecule has 0 spiro atoms. The number of nitrogens with one attached hydrogen (secondary N) is 3. The van der Waals surface area contributed by atoms with Crippen LogP contribution in [0.5, 0.6) is 0 Å². The van der Waals surface area contributed by atoms with E-state index in [0.717, 1.165) is 28.8 Å². The maximum Gasteiger partial charge on any atom is 0.282 e. The predicted octanol–water partition coefficient (Wildman–Crippen LogP) is 4.61. The van der Waals surface area contributed by atoms with Crippen LogP contribution < -0.4 is 21.8 Å². The number of rotatable bonds is 10.